The molecule has 3 aromatic rings. The lowest BCUT2D eigenvalue weighted by atomic mass is 10.0. The molecule has 9 nitrogen and oxygen atoms in total. The quantitative estimate of drug-likeness (QED) is 0.490. The third kappa shape index (κ3) is 4.13. The molecule has 12 heteroatoms. The zero-order chi connectivity index (χ0) is 24.2. The van der Waals surface area contributed by atoms with Gasteiger partial charge in [0.2, 0.25) is 0 Å². The van der Waals surface area contributed by atoms with Crippen molar-refractivity contribution in [1.29, 1.82) is 0 Å². The van der Waals surface area contributed by atoms with Gasteiger partial charge in [-0.05, 0) is 62.1 Å². The molecule has 2 saturated heterocycles. The molecule has 5 rings (SSSR count). The van der Waals surface area contributed by atoms with Crippen LogP contribution in [0.4, 0.5) is 15.8 Å². The first kappa shape index (κ1) is 23.0. The zero-order valence-electron chi connectivity index (χ0n) is 18.2. The van der Waals surface area contributed by atoms with Crippen LogP contribution < -0.4 is 10.0 Å². The van der Waals surface area contributed by atoms with Crippen molar-refractivity contribution in [2.45, 2.75) is 43.9 Å². The van der Waals surface area contributed by atoms with Gasteiger partial charge >= 0.3 is 10.2 Å². The molecule has 2 aliphatic heterocycles. The topological polar surface area (TPSA) is 117 Å². The van der Waals surface area contributed by atoms with Crippen molar-refractivity contribution in [2.75, 3.05) is 10.0 Å². The number of aryl methyl sites for hydroxylation is 1. The number of aliphatic hydroxyl groups excluding tert-OH is 1. The van der Waals surface area contributed by atoms with Crippen LogP contribution in [0.25, 0.3) is 10.9 Å². The van der Waals surface area contributed by atoms with E-state index in [1.54, 1.807) is 25.2 Å². The fraction of sp³-hybridized carbons (Fsp3) is 0.364. The number of aliphatic hydroxyl groups is 1. The molecular weight excluding hydrogens is 485 g/mol. The van der Waals surface area contributed by atoms with E-state index in [-0.39, 0.29) is 22.8 Å². The van der Waals surface area contributed by atoms with Gasteiger partial charge in [-0.15, -0.1) is 0 Å². The van der Waals surface area contributed by atoms with Crippen molar-refractivity contribution in [3.63, 3.8) is 0 Å². The van der Waals surface area contributed by atoms with Gasteiger partial charge in [-0.1, -0.05) is 11.6 Å². The first-order valence-corrected chi connectivity index (χ1v) is 12.7. The number of amides is 1. The number of halogens is 2. The highest BCUT2D eigenvalue weighted by Gasteiger charge is 2.46. The molecule has 1 amide bonds. The Hall–Kier alpha value is -2.73. The van der Waals surface area contributed by atoms with Gasteiger partial charge in [-0.25, -0.2) is 4.39 Å². The summed E-state index contributed by atoms with van der Waals surface area (Å²) in [7, 11) is -2.21. The average molecular weight is 508 g/mol. The van der Waals surface area contributed by atoms with Gasteiger partial charge in [0.15, 0.2) is 0 Å². The van der Waals surface area contributed by atoms with E-state index in [9.17, 15) is 22.7 Å². The van der Waals surface area contributed by atoms with E-state index in [4.69, 9.17) is 11.6 Å². The molecule has 2 unspecified atom stereocenters. The molecule has 3 heterocycles. The third-order valence-corrected chi connectivity index (χ3v) is 8.33. The minimum Gasteiger partial charge on any atom is -0.393 e. The monoisotopic (exact) mass is 507 g/mol. The highest BCUT2D eigenvalue weighted by molar-refractivity contribution is 7.90. The predicted octanol–water partition coefficient (Wildman–Crippen LogP) is 3.26. The minimum absolute atomic E-state index is 0.110. The average Bonchev–Trinajstić information content (AvgIpc) is 3.24. The Morgan fingerprint density at radius 1 is 1.15 bits per heavy atom. The second-order valence-electron chi connectivity index (χ2n) is 8.73. The van der Waals surface area contributed by atoms with Gasteiger partial charge in [-0.3, -0.25) is 14.2 Å². The molecule has 2 aromatic carbocycles. The number of nitrogens with zero attached hydrogens (tertiary/aromatic N) is 3. The first-order valence-electron chi connectivity index (χ1n) is 10.8. The fourth-order valence-electron chi connectivity index (χ4n) is 5.00. The van der Waals surface area contributed by atoms with Crippen LogP contribution in [0.1, 0.15) is 36.2 Å². The predicted molar refractivity (Wildman–Crippen MR) is 127 cm³/mol. The number of rotatable bonds is 5. The fourth-order valence-corrected chi connectivity index (χ4v) is 6.88. The molecule has 2 atom stereocenters. The van der Waals surface area contributed by atoms with E-state index in [0.29, 0.717) is 35.1 Å². The van der Waals surface area contributed by atoms with Crippen molar-refractivity contribution in [2.24, 2.45) is 7.05 Å². The van der Waals surface area contributed by atoms with Crippen LogP contribution in [-0.2, 0) is 17.3 Å². The van der Waals surface area contributed by atoms with E-state index >= 15 is 0 Å². The Balaban J connectivity index is 1.38. The summed E-state index contributed by atoms with van der Waals surface area (Å²) in [5.74, 6) is -1.06. The van der Waals surface area contributed by atoms with Crippen LogP contribution in [0.5, 0.6) is 0 Å². The number of anilines is 2. The molecule has 0 radical (unpaired) electrons. The molecule has 1 aromatic heterocycles. The Morgan fingerprint density at radius 3 is 2.50 bits per heavy atom. The summed E-state index contributed by atoms with van der Waals surface area (Å²) in [5, 5.41) is 17.4. The molecule has 2 bridgehead atoms. The van der Waals surface area contributed by atoms with Crippen molar-refractivity contribution in [1.82, 2.24) is 14.1 Å². The summed E-state index contributed by atoms with van der Waals surface area (Å²) in [6.45, 7) is 0. The lowest BCUT2D eigenvalue weighted by Gasteiger charge is -2.35. The summed E-state index contributed by atoms with van der Waals surface area (Å²) < 4.78 is 45.1. The number of hydrogen-bond donors (Lipinski definition) is 3. The van der Waals surface area contributed by atoms with E-state index in [2.05, 4.69) is 15.1 Å². The maximum atomic E-state index is 13.4. The van der Waals surface area contributed by atoms with Gasteiger partial charge in [0.25, 0.3) is 5.91 Å². The number of piperidine rings is 1. The highest BCUT2D eigenvalue weighted by Crippen LogP contribution is 2.38. The second kappa shape index (κ2) is 8.49. The second-order valence-corrected chi connectivity index (χ2v) is 10.7. The molecule has 3 N–H and O–H groups in total. The van der Waals surface area contributed by atoms with E-state index in [1.165, 1.54) is 21.1 Å². The van der Waals surface area contributed by atoms with Crippen molar-refractivity contribution in [3.05, 3.63) is 52.9 Å². The summed E-state index contributed by atoms with van der Waals surface area (Å²) in [4.78, 5) is 12.9. The normalized spacial score (nSPS) is 22.8. The zero-order valence-corrected chi connectivity index (χ0v) is 19.8. The SMILES string of the molecule is Cn1nc2cc(NS(=O)(=O)N3C4CCC3CC(O)C4)ccc2c1C(=O)Nc1ccc(F)c(Cl)c1. The standard InChI is InChI=1S/C22H23ClFN5O4S/c1-28-21(22(31)25-12-3-7-19(24)18(23)8-12)17-6-2-13(9-20(17)26-28)27-34(32,33)29-14-4-5-15(29)11-16(30)10-14/h2-3,6-9,14-16,27,30H,4-5,10-11H2,1H3,(H,25,31). The lowest BCUT2D eigenvalue weighted by molar-refractivity contribution is 0.0772. The third-order valence-electron chi connectivity index (χ3n) is 6.39. The molecule has 0 aliphatic carbocycles. The van der Waals surface area contributed by atoms with Gasteiger partial charge in [0, 0.05) is 30.2 Å². The van der Waals surface area contributed by atoms with Crippen molar-refractivity contribution >= 4 is 50.0 Å². The highest BCUT2D eigenvalue weighted by atomic mass is 35.5. The maximum Gasteiger partial charge on any atom is 0.302 e. The van der Waals surface area contributed by atoms with Crippen LogP contribution in [0, 0.1) is 5.82 Å². The van der Waals surface area contributed by atoms with Gasteiger partial charge in [-0.2, -0.15) is 17.8 Å². The molecule has 180 valence electrons. The van der Waals surface area contributed by atoms with E-state index in [0.717, 1.165) is 18.9 Å². The summed E-state index contributed by atoms with van der Waals surface area (Å²) >= 11 is 5.79. The number of fused-ring (bicyclic) bond motifs is 3. The maximum absolute atomic E-state index is 13.4. The number of nitrogens with one attached hydrogen (secondary N) is 2. The molecule has 0 saturated carbocycles. The van der Waals surface area contributed by atoms with Gasteiger partial charge in [0.05, 0.1) is 22.3 Å². The van der Waals surface area contributed by atoms with Crippen LogP contribution >= 0.6 is 11.6 Å². The van der Waals surface area contributed by atoms with Crippen molar-refractivity contribution in [3.8, 4) is 0 Å². The summed E-state index contributed by atoms with van der Waals surface area (Å²) in [6.07, 6.45) is 1.88. The summed E-state index contributed by atoms with van der Waals surface area (Å²) in [5.41, 5.74) is 1.35. The van der Waals surface area contributed by atoms with Crippen LogP contribution in [-0.4, -0.2) is 51.7 Å². The van der Waals surface area contributed by atoms with Crippen molar-refractivity contribution < 1.29 is 22.7 Å². The Kier molecular flexibility index (Phi) is 5.75. The van der Waals surface area contributed by atoms with Gasteiger partial charge in [0.1, 0.15) is 11.5 Å². The smallest absolute Gasteiger partial charge is 0.302 e. The van der Waals surface area contributed by atoms with Gasteiger partial charge < -0.3 is 10.4 Å². The minimum atomic E-state index is -3.82. The summed E-state index contributed by atoms with van der Waals surface area (Å²) in [6, 6.07) is 8.23. The molecule has 0 spiro atoms. The Bertz CT molecular complexity index is 1380. The number of aromatic nitrogens is 2. The number of carbonyl (C=O) groups is 1. The van der Waals surface area contributed by atoms with Crippen LogP contribution in [0.15, 0.2) is 36.4 Å². The number of hydrogen-bond acceptors (Lipinski definition) is 5. The van der Waals surface area contributed by atoms with Crippen LogP contribution in [0.3, 0.4) is 0 Å². The largest absolute Gasteiger partial charge is 0.393 e. The molecule has 34 heavy (non-hydrogen) atoms. The van der Waals surface area contributed by atoms with E-state index in [1.807, 2.05) is 0 Å². The van der Waals surface area contributed by atoms with Crippen LogP contribution in [0.2, 0.25) is 5.02 Å². The molecule has 2 fully saturated rings. The first-order chi connectivity index (χ1) is 16.1. The van der Waals surface area contributed by atoms with E-state index < -0.39 is 28.0 Å². The number of carbonyl (C=O) groups excluding carboxylic acids is 1. The molecular formula is C22H23ClFN5O4S. The Morgan fingerprint density at radius 2 is 1.82 bits per heavy atom. The Labute approximate surface area is 200 Å². The molecule has 2 aliphatic rings. The lowest BCUT2D eigenvalue weighted by Crippen LogP contribution is -2.49. The number of benzene rings is 2.